The number of aryl methyl sites for hydroxylation is 3. The molecule has 4 rings (SSSR count). The van der Waals surface area contributed by atoms with Gasteiger partial charge in [-0.1, -0.05) is 71.0 Å². The maximum absolute atomic E-state index is 13.4. The standard InChI is InChI=1S/C25H21NO2S2/c1-16-7-11-20(12-8-16)29-22-23(30-21-13-9-17(2)10-14-21)25(28)26(24(22)27)19-6-4-5-18(3)15-19/h4-15H,1-3H3. The highest BCUT2D eigenvalue weighted by Gasteiger charge is 2.40. The van der Waals surface area contributed by atoms with Crippen molar-refractivity contribution >= 4 is 41.0 Å². The molecule has 0 fully saturated rings. The van der Waals surface area contributed by atoms with Crippen molar-refractivity contribution in [1.29, 1.82) is 0 Å². The van der Waals surface area contributed by atoms with Gasteiger partial charge in [0.25, 0.3) is 11.8 Å². The van der Waals surface area contributed by atoms with Crippen LogP contribution >= 0.6 is 23.5 Å². The molecule has 0 saturated heterocycles. The number of carbonyl (C=O) groups is 2. The van der Waals surface area contributed by atoms with Crippen LogP contribution in [0.3, 0.4) is 0 Å². The number of anilines is 1. The molecule has 1 heterocycles. The average molecular weight is 432 g/mol. The number of benzene rings is 3. The van der Waals surface area contributed by atoms with Gasteiger partial charge < -0.3 is 0 Å². The predicted octanol–water partition coefficient (Wildman–Crippen LogP) is 6.28. The summed E-state index contributed by atoms with van der Waals surface area (Å²) in [7, 11) is 0. The molecule has 3 nitrogen and oxygen atoms in total. The first-order valence-electron chi connectivity index (χ1n) is 9.61. The third-order valence-electron chi connectivity index (χ3n) is 4.74. The molecule has 1 aliphatic heterocycles. The zero-order chi connectivity index (χ0) is 21.3. The van der Waals surface area contributed by atoms with Crippen molar-refractivity contribution in [1.82, 2.24) is 0 Å². The molecular weight excluding hydrogens is 410 g/mol. The molecule has 0 bridgehead atoms. The molecule has 3 aromatic carbocycles. The van der Waals surface area contributed by atoms with E-state index >= 15 is 0 Å². The lowest BCUT2D eigenvalue weighted by molar-refractivity contribution is -0.120. The monoisotopic (exact) mass is 431 g/mol. The van der Waals surface area contributed by atoms with Crippen LogP contribution in [0.5, 0.6) is 0 Å². The molecule has 2 amide bonds. The lowest BCUT2D eigenvalue weighted by Crippen LogP contribution is -2.31. The van der Waals surface area contributed by atoms with Gasteiger partial charge in [-0.05, 0) is 62.7 Å². The molecule has 150 valence electrons. The van der Waals surface area contributed by atoms with Crippen LogP contribution in [0, 0.1) is 20.8 Å². The highest BCUT2D eigenvalue weighted by molar-refractivity contribution is 8.08. The van der Waals surface area contributed by atoms with E-state index in [0.717, 1.165) is 26.5 Å². The lowest BCUT2D eigenvalue weighted by Gasteiger charge is -2.15. The van der Waals surface area contributed by atoms with E-state index in [1.165, 1.54) is 28.4 Å². The third kappa shape index (κ3) is 4.23. The SMILES string of the molecule is Cc1ccc(SC2=C(Sc3ccc(C)cc3)C(=O)N(c3cccc(C)c3)C2=O)cc1. The Morgan fingerprint density at radius 3 is 1.50 bits per heavy atom. The lowest BCUT2D eigenvalue weighted by atomic mass is 10.2. The average Bonchev–Trinajstić information content (AvgIpc) is 2.95. The van der Waals surface area contributed by atoms with Crippen molar-refractivity contribution < 1.29 is 9.59 Å². The summed E-state index contributed by atoms with van der Waals surface area (Å²) in [5.74, 6) is -0.545. The van der Waals surface area contributed by atoms with E-state index in [2.05, 4.69) is 0 Å². The third-order valence-corrected chi connectivity index (χ3v) is 7.05. The van der Waals surface area contributed by atoms with Crippen LogP contribution in [0.4, 0.5) is 5.69 Å². The van der Waals surface area contributed by atoms with Gasteiger partial charge in [0.15, 0.2) is 0 Å². The maximum Gasteiger partial charge on any atom is 0.273 e. The van der Waals surface area contributed by atoms with E-state index in [0.29, 0.717) is 15.5 Å². The van der Waals surface area contributed by atoms with Crippen molar-refractivity contribution in [2.45, 2.75) is 30.6 Å². The number of hydrogen-bond donors (Lipinski definition) is 0. The van der Waals surface area contributed by atoms with Crippen LogP contribution in [0.2, 0.25) is 0 Å². The maximum atomic E-state index is 13.4. The topological polar surface area (TPSA) is 37.4 Å². The largest absolute Gasteiger partial charge is 0.273 e. The van der Waals surface area contributed by atoms with Crippen LogP contribution in [-0.4, -0.2) is 11.8 Å². The van der Waals surface area contributed by atoms with Crippen molar-refractivity contribution in [3.63, 3.8) is 0 Å². The molecule has 0 spiro atoms. The fraction of sp³-hybridized carbons (Fsp3) is 0.120. The van der Waals surface area contributed by atoms with Crippen LogP contribution in [-0.2, 0) is 9.59 Å². The molecule has 1 aliphatic rings. The minimum Gasteiger partial charge on any atom is -0.268 e. The fourth-order valence-corrected chi connectivity index (χ4v) is 5.10. The van der Waals surface area contributed by atoms with Crippen molar-refractivity contribution in [2.24, 2.45) is 0 Å². The second-order valence-corrected chi connectivity index (χ2v) is 9.44. The van der Waals surface area contributed by atoms with Gasteiger partial charge in [-0.15, -0.1) is 0 Å². The Bertz CT molecular complexity index is 1080. The Labute approximate surface area is 185 Å². The molecule has 0 unspecified atom stereocenters. The zero-order valence-electron chi connectivity index (χ0n) is 17.0. The van der Waals surface area contributed by atoms with E-state index in [4.69, 9.17) is 0 Å². The minimum absolute atomic E-state index is 0.272. The Hall–Kier alpha value is -2.76. The number of rotatable bonds is 5. The molecule has 0 N–H and O–H groups in total. The highest BCUT2D eigenvalue weighted by Crippen LogP contribution is 2.44. The summed E-state index contributed by atoms with van der Waals surface area (Å²) in [5.41, 5.74) is 3.91. The summed E-state index contributed by atoms with van der Waals surface area (Å²) in [6.07, 6.45) is 0. The quantitative estimate of drug-likeness (QED) is 0.446. The first-order valence-corrected chi connectivity index (χ1v) is 11.2. The molecule has 0 saturated carbocycles. The number of thioether (sulfide) groups is 2. The number of amides is 2. The van der Waals surface area contributed by atoms with Gasteiger partial charge in [0.1, 0.15) is 0 Å². The molecule has 0 radical (unpaired) electrons. The fourth-order valence-electron chi connectivity index (χ4n) is 3.12. The summed E-state index contributed by atoms with van der Waals surface area (Å²) < 4.78 is 0. The van der Waals surface area contributed by atoms with E-state index in [1.807, 2.05) is 87.5 Å². The van der Waals surface area contributed by atoms with Crippen LogP contribution in [0.25, 0.3) is 0 Å². The summed E-state index contributed by atoms with van der Waals surface area (Å²) in [5, 5.41) is 0. The highest BCUT2D eigenvalue weighted by atomic mass is 32.2. The van der Waals surface area contributed by atoms with Crippen molar-refractivity contribution in [3.05, 3.63) is 99.3 Å². The molecular formula is C25H21NO2S2. The second kappa shape index (κ2) is 8.54. The van der Waals surface area contributed by atoms with E-state index in [1.54, 1.807) is 6.07 Å². The van der Waals surface area contributed by atoms with Gasteiger partial charge in [-0.3, -0.25) is 9.59 Å². The van der Waals surface area contributed by atoms with Gasteiger partial charge >= 0.3 is 0 Å². The van der Waals surface area contributed by atoms with Gasteiger partial charge in [0.2, 0.25) is 0 Å². The van der Waals surface area contributed by atoms with E-state index in [-0.39, 0.29) is 11.8 Å². The van der Waals surface area contributed by atoms with Gasteiger partial charge in [-0.25, -0.2) is 4.90 Å². The second-order valence-electron chi connectivity index (χ2n) is 7.27. The molecule has 0 aliphatic carbocycles. The zero-order valence-corrected chi connectivity index (χ0v) is 18.6. The van der Waals surface area contributed by atoms with E-state index < -0.39 is 0 Å². The number of hydrogen-bond acceptors (Lipinski definition) is 4. The van der Waals surface area contributed by atoms with E-state index in [9.17, 15) is 9.59 Å². The summed E-state index contributed by atoms with van der Waals surface area (Å²) in [6.45, 7) is 6.00. The van der Waals surface area contributed by atoms with Gasteiger partial charge in [0.05, 0.1) is 15.5 Å². The van der Waals surface area contributed by atoms with Crippen molar-refractivity contribution in [3.8, 4) is 0 Å². The number of carbonyl (C=O) groups excluding carboxylic acids is 2. The van der Waals surface area contributed by atoms with Gasteiger partial charge in [-0.2, -0.15) is 0 Å². The first-order chi connectivity index (χ1) is 14.4. The number of imide groups is 1. The van der Waals surface area contributed by atoms with Crippen molar-refractivity contribution in [2.75, 3.05) is 4.90 Å². The molecule has 0 atom stereocenters. The summed E-state index contributed by atoms with van der Waals surface area (Å²) in [6, 6.07) is 23.4. The normalized spacial score (nSPS) is 14.0. The molecule has 0 aromatic heterocycles. The molecule has 3 aromatic rings. The Morgan fingerprint density at radius 2 is 1.07 bits per heavy atom. The Morgan fingerprint density at radius 1 is 0.600 bits per heavy atom. The van der Waals surface area contributed by atoms with Crippen LogP contribution in [0.1, 0.15) is 16.7 Å². The Kier molecular flexibility index (Phi) is 5.84. The van der Waals surface area contributed by atoms with Gasteiger partial charge in [0, 0.05) is 9.79 Å². The molecule has 5 heteroatoms. The minimum atomic E-state index is -0.272. The smallest absolute Gasteiger partial charge is 0.268 e. The molecule has 30 heavy (non-hydrogen) atoms. The number of nitrogens with zero attached hydrogens (tertiary/aromatic N) is 1. The summed E-state index contributed by atoms with van der Waals surface area (Å²) >= 11 is 2.70. The predicted molar refractivity (Wildman–Crippen MR) is 125 cm³/mol. The van der Waals surface area contributed by atoms with Crippen LogP contribution in [0.15, 0.2) is 92.4 Å². The summed E-state index contributed by atoms with van der Waals surface area (Å²) in [4.78, 5) is 30.8. The van der Waals surface area contributed by atoms with Crippen LogP contribution < -0.4 is 4.90 Å². The first kappa shape index (κ1) is 20.5. The Balaban J connectivity index is 1.74.